The Balaban J connectivity index is 1.49. The molecule has 5 rings (SSSR count). The lowest BCUT2D eigenvalue weighted by Gasteiger charge is -2.16. The van der Waals surface area contributed by atoms with E-state index in [2.05, 4.69) is 22.4 Å². The van der Waals surface area contributed by atoms with Crippen molar-refractivity contribution in [3.8, 4) is 16.8 Å². The smallest absolute Gasteiger partial charge is 0.280 e. The molecular formula is C29H29N5O3. The quantitative estimate of drug-likeness (QED) is 0.382. The van der Waals surface area contributed by atoms with Crippen LogP contribution >= 0.6 is 0 Å². The van der Waals surface area contributed by atoms with Gasteiger partial charge in [0.2, 0.25) is 0 Å². The molecule has 2 N–H and O–H groups in total. The van der Waals surface area contributed by atoms with Crippen molar-refractivity contribution in [3.05, 3.63) is 112 Å². The van der Waals surface area contributed by atoms with Gasteiger partial charge in [0.25, 0.3) is 12.0 Å². The summed E-state index contributed by atoms with van der Waals surface area (Å²) in [7, 11) is 0. The fourth-order valence-corrected chi connectivity index (χ4v) is 4.58. The van der Waals surface area contributed by atoms with Crippen LogP contribution in [-0.4, -0.2) is 31.9 Å². The van der Waals surface area contributed by atoms with Crippen LogP contribution in [0.1, 0.15) is 48.0 Å². The molecule has 0 saturated heterocycles. The normalized spacial score (nSPS) is 14.9. The summed E-state index contributed by atoms with van der Waals surface area (Å²) in [6, 6.07) is 19.6. The highest BCUT2D eigenvalue weighted by Crippen LogP contribution is 2.26. The van der Waals surface area contributed by atoms with E-state index in [0.717, 1.165) is 47.2 Å². The third-order valence-corrected chi connectivity index (χ3v) is 6.43. The van der Waals surface area contributed by atoms with Crippen molar-refractivity contribution in [1.82, 2.24) is 20.0 Å². The van der Waals surface area contributed by atoms with Crippen LogP contribution in [0.2, 0.25) is 0 Å². The maximum Gasteiger partial charge on any atom is 0.280 e. The van der Waals surface area contributed by atoms with E-state index in [1.807, 2.05) is 67.6 Å². The topological polar surface area (TPSA) is 102 Å². The molecule has 4 aromatic rings. The number of aliphatic hydroxyl groups is 1. The molecule has 3 heterocycles. The molecule has 1 unspecified atom stereocenters. The van der Waals surface area contributed by atoms with Gasteiger partial charge in [0.05, 0.1) is 17.6 Å². The predicted molar refractivity (Wildman–Crippen MR) is 142 cm³/mol. The van der Waals surface area contributed by atoms with Crippen LogP contribution in [0.3, 0.4) is 0 Å². The number of pyridine rings is 1. The third-order valence-electron chi connectivity index (χ3n) is 6.43. The van der Waals surface area contributed by atoms with Gasteiger partial charge in [0, 0.05) is 23.7 Å². The second-order valence-corrected chi connectivity index (χ2v) is 8.98. The van der Waals surface area contributed by atoms with Gasteiger partial charge < -0.3 is 5.11 Å². The molecule has 37 heavy (non-hydrogen) atoms. The van der Waals surface area contributed by atoms with Gasteiger partial charge in [0.1, 0.15) is 5.82 Å². The number of nitrogens with zero attached hydrogens (tertiary/aromatic N) is 4. The Labute approximate surface area is 215 Å². The Morgan fingerprint density at radius 2 is 1.84 bits per heavy atom. The number of aliphatic hydroxyl groups excluding tert-OH is 1. The van der Waals surface area contributed by atoms with Crippen LogP contribution in [0.25, 0.3) is 16.8 Å². The van der Waals surface area contributed by atoms with Crippen molar-refractivity contribution in [2.24, 2.45) is 4.99 Å². The summed E-state index contributed by atoms with van der Waals surface area (Å²) in [5.41, 5.74) is 8.72. The number of aromatic nitrogens is 3. The molecule has 188 valence electrons. The summed E-state index contributed by atoms with van der Waals surface area (Å²) in [5, 5.41) is 9.60. The Kier molecular flexibility index (Phi) is 7.20. The molecule has 2 aromatic carbocycles. The van der Waals surface area contributed by atoms with E-state index in [4.69, 9.17) is 9.82 Å². The molecule has 8 heteroatoms. The lowest BCUT2D eigenvalue weighted by atomic mass is 9.96. The summed E-state index contributed by atoms with van der Waals surface area (Å²) in [5.74, 6) is 1.15. The first-order valence-electron chi connectivity index (χ1n) is 12.4. The first kappa shape index (κ1) is 24.5. The van der Waals surface area contributed by atoms with Gasteiger partial charge in [-0.3, -0.25) is 14.3 Å². The molecule has 0 bridgehead atoms. The number of amidine groups is 1. The number of rotatable bonds is 8. The fourth-order valence-electron chi connectivity index (χ4n) is 4.58. The van der Waals surface area contributed by atoms with Crippen molar-refractivity contribution in [1.29, 1.82) is 0 Å². The minimum Gasteiger partial charge on any atom is -0.348 e. The molecule has 2 aromatic heterocycles. The molecule has 1 atom stereocenters. The number of nitrogens with one attached hydrogen (secondary N) is 1. The first-order chi connectivity index (χ1) is 18.0. The predicted octanol–water partition coefficient (Wildman–Crippen LogP) is 4.09. The van der Waals surface area contributed by atoms with E-state index in [1.165, 1.54) is 0 Å². The van der Waals surface area contributed by atoms with E-state index in [0.29, 0.717) is 29.3 Å². The van der Waals surface area contributed by atoms with Gasteiger partial charge in [-0.1, -0.05) is 61.9 Å². The second kappa shape index (κ2) is 10.9. The average Bonchev–Trinajstić information content (AvgIpc) is 3.36. The number of aliphatic imine (C=N–C) groups is 1. The first-order valence-corrected chi connectivity index (χ1v) is 12.4. The van der Waals surface area contributed by atoms with Gasteiger partial charge in [-0.05, 0) is 48.6 Å². The SMILES string of the molecule is CCCCc1nc(C)n(-c2cccnc2)c(=O)c1Cc1ccc(-c2ccccc2C2=NC(O)ON2)cc1. The summed E-state index contributed by atoms with van der Waals surface area (Å²) < 4.78 is 1.65. The number of benzene rings is 2. The summed E-state index contributed by atoms with van der Waals surface area (Å²) in [4.78, 5) is 31.8. The van der Waals surface area contributed by atoms with Crippen LogP contribution in [0.5, 0.6) is 0 Å². The molecule has 1 aliphatic rings. The molecule has 0 saturated carbocycles. The highest BCUT2D eigenvalue weighted by Gasteiger charge is 2.20. The maximum absolute atomic E-state index is 13.7. The van der Waals surface area contributed by atoms with Crippen LogP contribution in [0.15, 0.2) is 82.8 Å². The van der Waals surface area contributed by atoms with Crippen molar-refractivity contribution >= 4 is 5.84 Å². The molecule has 0 aliphatic carbocycles. The van der Waals surface area contributed by atoms with E-state index < -0.39 is 6.41 Å². The van der Waals surface area contributed by atoms with Crippen molar-refractivity contribution in [2.75, 3.05) is 0 Å². The number of aryl methyl sites for hydroxylation is 2. The molecule has 0 fully saturated rings. The summed E-state index contributed by atoms with van der Waals surface area (Å²) in [6.45, 7) is 4.01. The van der Waals surface area contributed by atoms with Gasteiger partial charge in [-0.2, -0.15) is 0 Å². The number of hydroxylamine groups is 1. The van der Waals surface area contributed by atoms with E-state index in [-0.39, 0.29) is 5.56 Å². The Hall–Kier alpha value is -4.14. The Morgan fingerprint density at radius 1 is 1.05 bits per heavy atom. The molecular weight excluding hydrogens is 466 g/mol. The zero-order chi connectivity index (χ0) is 25.8. The highest BCUT2D eigenvalue weighted by molar-refractivity contribution is 6.04. The molecule has 0 amide bonds. The fraction of sp³-hybridized carbons (Fsp3) is 0.241. The minimum atomic E-state index is -1.22. The van der Waals surface area contributed by atoms with Crippen LogP contribution in [-0.2, 0) is 17.7 Å². The lowest BCUT2D eigenvalue weighted by Crippen LogP contribution is -2.28. The van der Waals surface area contributed by atoms with Gasteiger partial charge in [-0.15, -0.1) is 0 Å². The van der Waals surface area contributed by atoms with Crippen LogP contribution in [0.4, 0.5) is 0 Å². The number of unbranched alkanes of at least 4 members (excludes halogenated alkanes) is 1. The molecule has 8 nitrogen and oxygen atoms in total. The standard InChI is InChI=1S/C29H29N5O3/c1-3-4-11-26-25(28(35)34(19(2)31-26)22-8-7-16-30-18-22)17-20-12-14-21(15-13-20)23-9-5-6-10-24(23)27-32-29(36)37-33-27/h5-10,12-16,18,29,36H,3-4,11,17H2,1-2H3,(H,32,33). The van der Waals surface area contributed by atoms with Gasteiger partial charge in [-0.25, -0.2) is 20.3 Å². The highest BCUT2D eigenvalue weighted by atomic mass is 16.7. The number of hydrogen-bond acceptors (Lipinski definition) is 7. The molecule has 0 radical (unpaired) electrons. The van der Waals surface area contributed by atoms with Crippen molar-refractivity contribution < 1.29 is 9.94 Å². The maximum atomic E-state index is 13.7. The Bertz CT molecular complexity index is 1480. The van der Waals surface area contributed by atoms with Crippen LogP contribution < -0.4 is 11.0 Å². The monoisotopic (exact) mass is 495 g/mol. The number of hydrogen-bond donors (Lipinski definition) is 2. The van der Waals surface area contributed by atoms with E-state index in [9.17, 15) is 9.90 Å². The second-order valence-electron chi connectivity index (χ2n) is 8.98. The molecule has 1 aliphatic heterocycles. The summed E-state index contributed by atoms with van der Waals surface area (Å²) in [6.07, 6.45) is 5.42. The third kappa shape index (κ3) is 5.21. The van der Waals surface area contributed by atoms with Gasteiger partial charge >= 0.3 is 0 Å². The van der Waals surface area contributed by atoms with Crippen molar-refractivity contribution in [3.63, 3.8) is 0 Å². The van der Waals surface area contributed by atoms with E-state index in [1.54, 1.807) is 17.0 Å². The minimum absolute atomic E-state index is 0.0510. The van der Waals surface area contributed by atoms with Crippen molar-refractivity contribution in [2.45, 2.75) is 45.9 Å². The Morgan fingerprint density at radius 3 is 2.51 bits per heavy atom. The van der Waals surface area contributed by atoms with Gasteiger partial charge in [0.15, 0.2) is 5.84 Å². The largest absolute Gasteiger partial charge is 0.348 e. The van der Waals surface area contributed by atoms with Crippen LogP contribution in [0, 0.1) is 6.92 Å². The summed E-state index contributed by atoms with van der Waals surface area (Å²) >= 11 is 0. The lowest BCUT2D eigenvalue weighted by molar-refractivity contribution is -0.102. The zero-order valence-electron chi connectivity index (χ0n) is 20.9. The van der Waals surface area contributed by atoms with E-state index >= 15 is 0 Å². The zero-order valence-corrected chi connectivity index (χ0v) is 20.9. The average molecular weight is 496 g/mol. The molecule has 0 spiro atoms.